The summed E-state index contributed by atoms with van der Waals surface area (Å²) >= 11 is 3.37. The van der Waals surface area contributed by atoms with Gasteiger partial charge in [-0.15, -0.1) is 0 Å². The highest BCUT2D eigenvalue weighted by atomic mass is 79.9. The zero-order valence-electron chi connectivity index (χ0n) is 10.8. The molecule has 0 spiro atoms. The standard InChI is InChI=1S/C13H19BrN4O/c14-12-10-18-11(8-17-13(18)9-16-12)7-15-5-3-1-2-4-6-19/h8-10,15,19H,1-7H2. The van der Waals surface area contributed by atoms with Crippen molar-refractivity contribution in [1.82, 2.24) is 19.7 Å². The SMILES string of the molecule is OCCCCCCNCc1cnc2cnc(Br)cn12. The third kappa shape index (κ3) is 4.26. The monoisotopic (exact) mass is 326 g/mol. The van der Waals surface area contributed by atoms with Crippen molar-refractivity contribution in [2.75, 3.05) is 13.2 Å². The topological polar surface area (TPSA) is 62.5 Å². The highest BCUT2D eigenvalue weighted by molar-refractivity contribution is 9.10. The Morgan fingerprint density at radius 2 is 2.00 bits per heavy atom. The van der Waals surface area contributed by atoms with Crippen molar-refractivity contribution in [3.05, 3.63) is 28.9 Å². The summed E-state index contributed by atoms with van der Waals surface area (Å²) in [4.78, 5) is 8.46. The number of fused-ring (bicyclic) bond motifs is 1. The lowest BCUT2D eigenvalue weighted by atomic mass is 10.2. The van der Waals surface area contributed by atoms with Gasteiger partial charge in [0.25, 0.3) is 0 Å². The summed E-state index contributed by atoms with van der Waals surface area (Å²) in [5, 5.41) is 12.1. The number of aliphatic hydroxyl groups is 1. The minimum atomic E-state index is 0.304. The van der Waals surface area contributed by atoms with Crippen LogP contribution in [0.5, 0.6) is 0 Å². The molecule has 0 radical (unpaired) electrons. The van der Waals surface area contributed by atoms with Crippen LogP contribution < -0.4 is 5.32 Å². The molecular weight excluding hydrogens is 308 g/mol. The van der Waals surface area contributed by atoms with Gasteiger partial charge < -0.3 is 10.4 Å². The Morgan fingerprint density at radius 3 is 2.84 bits per heavy atom. The van der Waals surface area contributed by atoms with E-state index in [9.17, 15) is 0 Å². The number of nitrogens with one attached hydrogen (secondary N) is 1. The number of rotatable bonds is 8. The van der Waals surface area contributed by atoms with Crippen molar-refractivity contribution in [2.45, 2.75) is 32.2 Å². The number of hydrogen-bond acceptors (Lipinski definition) is 4. The van der Waals surface area contributed by atoms with E-state index in [-0.39, 0.29) is 0 Å². The summed E-state index contributed by atoms with van der Waals surface area (Å²) in [7, 11) is 0. The summed E-state index contributed by atoms with van der Waals surface area (Å²) < 4.78 is 2.85. The second-order valence-corrected chi connectivity index (χ2v) is 5.31. The highest BCUT2D eigenvalue weighted by Crippen LogP contribution is 2.10. The normalized spacial score (nSPS) is 11.3. The van der Waals surface area contributed by atoms with Crippen molar-refractivity contribution in [2.24, 2.45) is 0 Å². The molecule has 6 heteroatoms. The molecule has 0 aromatic carbocycles. The van der Waals surface area contributed by atoms with Crippen molar-refractivity contribution in [3.63, 3.8) is 0 Å². The fraction of sp³-hybridized carbons (Fsp3) is 0.538. The van der Waals surface area contributed by atoms with Gasteiger partial charge >= 0.3 is 0 Å². The molecule has 2 rings (SSSR count). The molecule has 19 heavy (non-hydrogen) atoms. The zero-order chi connectivity index (χ0) is 13.5. The number of unbranched alkanes of at least 4 members (excludes halogenated alkanes) is 3. The van der Waals surface area contributed by atoms with Gasteiger partial charge in [0.15, 0.2) is 5.65 Å². The first kappa shape index (κ1) is 14.4. The molecule has 0 aliphatic carbocycles. The molecule has 0 aliphatic rings. The average molecular weight is 327 g/mol. The first-order valence-corrected chi connectivity index (χ1v) is 7.39. The zero-order valence-corrected chi connectivity index (χ0v) is 12.4. The Hall–Kier alpha value is -0.980. The van der Waals surface area contributed by atoms with E-state index in [1.54, 1.807) is 6.20 Å². The number of aromatic nitrogens is 3. The van der Waals surface area contributed by atoms with Crippen molar-refractivity contribution >= 4 is 21.6 Å². The number of imidazole rings is 1. The van der Waals surface area contributed by atoms with Crippen LogP contribution in [0.3, 0.4) is 0 Å². The molecule has 0 aliphatic heterocycles. The van der Waals surface area contributed by atoms with Gasteiger partial charge in [-0.1, -0.05) is 12.8 Å². The molecule has 0 bridgehead atoms. The van der Waals surface area contributed by atoms with E-state index in [0.717, 1.165) is 54.7 Å². The summed E-state index contributed by atoms with van der Waals surface area (Å²) in [6.07, 6.45) is 9.88. The van der Waals surface area contributed by atoms with E-state index in [2.05, 4.69) is 31.2 Å². The van der Waals surface area contributed by atoms with Gasteiger partial charge in [0.1, 0.15) is 4.60 Å². The Kier molecular flexibility index (Phi) is 5.75. The minimum Gasteiger partial charge on any atom is -0.396 e. The van der Waals surface area contributed by atoms with Crippen LogP contribution in [-0.2, 0) is 6.54 Å². The van der Waals surface area contributed by atoms with Gasteiger partial charge in [0.2, 0.25) is 0 Å². The number of halogens is 1. The third-order valence-corrected chi connectivity index (χ3v) is 3.42. The van der Waals surface area contributed by atoms with Crippen molar-refractivity contribution < 1.29 is 5.11 Å². The van der Waals surface area contributed by atoms with Crippen LogP contribution in [0.2, 0.25) is 0 Å². The van der Waals surface area contributed by atoms with E-state index in [1.165, 1.54) is 0 Å². The van der Waals surface area contributed by atoms with Gasteiger partial charge in [-0.2, -0.15) is 0 Å². The predicted octanol–water partition coefficient (Wildman–Crippen LogP) is 2.13. The maximum absolute atomic E-state index is 8.68. The molecule has 0 saturated carbocycles. The first-order valence-electron chi connectivity index (χ1n) is 6.60. The number of nitrogens with zero attached hydrogens (tertiary/aromatic N) is 3. The molecule has 2 aromatic rings. The van der Waals surface area contributed by atoms with Crippen LogP contribution in [-0.4, -0.2) is 32.6 Å². The fourth-order valence-corrected chi connectivity index (χ4v) is 2.29. The molecule has 2 N–H and O–H groups in total. The molecule has 2 aromatic heterocycles. The molecule has 0 unspecified atom stereocenters. The number of aliphatic hydroxyl groups excluding tert-OH is 1. The predicted molar refractivity (Wildman–Crippen MR) is 77.9 cm³/mol. The second-order valence-electron chi connectivity index (χ2n) is 4.50. The molecule has 0 saturated heterocycles. The average Bonchev–Trinajstić information content (AvgIpc) is 2.80. The Labute approximate surface area is 121 Å². The largest absolute Gasteiger partial charge is 0.396 e. The van der Waals surface area contributed by atoms with E-state index in [1.807, 2.05) is 16.8 Å². The summed E-state index contributed by atoms with van der Waals surface area (Å²) in [6, 6.07) is 0. The van der Waals surface area contributed by atoms with Gasteiger partial charge in [0.05, 0.1) is 18.1 Å². The van der Waals surface area contributed by atoms with Gasteiger partial charge in [-0.05, 0) is 35.3 Å². The molecule has 104 valence electrons. The Balaban J connectivity index is 1.77. The van der Waals surface area contributed by atoms with Crippen LogP contribution >= 0.6 is 15.9 Å². The maximum atomic E-state index is 8.68. The molecular formula is C13H19BrN4O. The van der Waals surface area contributed by atoms with Gasteiger partial charge in [-0.3, -0.25) is 4.40 Å². The van der Waals surface area contributed by atoms with Crippen LogP contribution in [0.15, 0.2) is 23.2 Å². The van der Waals surface area contributed by atoms with E-state index in [0.29, 0.717) is 6.61 Å². The van der Waals surface area contributed by atoms with Crippen LogP contribution in [0.25, 0.3) is 5.65 Å². The van der Waals surface area contributed by atoms with Crippen LogP contribution in [0.4, 0.5) is 0 Å². The van der Waals surface area contributed by atoms with Gasteiger partial charge in [-0.25, -0.2) is 9.97 Å². The molecule has 0 atom stereocenters. The lowest BCUT2D eigenvalue weighted by Crippen LogP contribution is -2.16. The summed E-state index contributed by atoms with van der Waals surface area (Å²) in [5.41, 5.74) is 2.00. The quantitative estimate of drug-likeness (QED) is 0.729. The Morgan fingerprint density at radius 1 is 1.16 bits per heavy atom. The molecule has 5 nitrogen and oxygen atoms in total. The molecule has 0 fully saturated rings. The van der Waals surface area contributed by atoms with E-state index < -0.39 is 0 Å². The lowest BCUT2D eigenvalue weighted by molar-refractivity contribution is 0.282. The maximum Gasteiger partial charge on any atom is 0.155 e. The number of hydrogen-bond donors (Lipinski definition) is 2. The minimum absolute atomic E-state index is 0.304. The summed E-state index contributed by atoms with van der Waals surface area (Å²) in [5.74, 6) is 0. The Bertz CT molecular complexity index is 514. The van der Waals surface area contributed by atoms with Crippen molar-refractivity contribution in [1.29, 1.82) is 0 Å². The smallest absolute Gasteiger partial charge is 0.155 e. The van der Waals surface area contributed by atoms with Crippen molar-refractivity contribution in [3.8, 4) is 0 Å². The van der Waals surface area contributed by atoms with E-state index in [4.69, 9.17) is 5.11 Å². The third-order valence-electron chi connectivity index (χ3n) is 3.01. The fourth-order valence-electron chi connectivity index (χ4n) is 1.98. The lowest BCUT2D eigenvalue weighted by Gasteiger charge is -2.05. The molecule has 0 amide bonds. The highest BCUT2D eigenvalue weighted by Gasteiger charge is 2.03. The van der Waals surface area contributed by atoms with E-state index >= 15 is 0 Å². The first-order chi connectivity index (χ1) is 9.31. The second kappa shape index (κ2) is 7.57. The van der Waals surface area contributed by atoms with Crippen LogP contribution in [0, 0.1) is 0 Å². The van der Waals surface area contributed by atoms with Crippen LogP contribution in [0.1, 0.15) is 31.4 Å². The summed E-state index contributed by atoms with van der Waals surface area (Å²) in [6.45, 7) is 2.10. The van der Waals surface area contributed by atoms with Gasteiger partial charge in [0, 0.05) is 19.3 Å². The molecule has 2 heterocycles.